The summed E-state index contributed by atoms with van der Waals surface area (Å²) in [6.45, 7) is 0.128. The number of rotatable bonds is 11. The normalized spacial score (nSPS) is 25.3. The van der Waals surface area contributed by atoms with E-state index in [0.717, 1.165) is 30.6 Å². The van der Waals surface area contributed by atoms with E-state index in [1.807, 2.05) is 0 Å². The third-order valence-corrected chi connectivity index (χ3v) is 5.73. The summed E-state index contributed by atoms with van der Waals surface area (Å²) >= 11 is 1.14. The Kier molecular flexibility index (Phi) is 7.80. The van der Waals surface area contributed by atoms with E-state index in [1.54, 1.807) is 5.38 Å². The molecule has 4 atom stereocenters. The van der Waals surface area contributed by atoms with E-state index in [-0.39, 0.29) is 42.0 Å². The van der Waals surface area contributed by atoms with Crippen molar-refractivity contribution in [3.63, 3.8) is 0 Å². The van der Waals surface area contributed by atoms with E-state index in [2.05, 4.69) is 0 Å². The summed E-state index contributed by atoms with van der Waals surface area (Å²) in [7, 11) is 0. The maximum Gasteiger partial charge on any atom is 0.322 e. The fourth-order valence-electron chi connectivity index (χ4n) is 3.52. The number of nitro groups is 1. The molecule has 9 heteroatoms. The lowest BCUT2D eigenvalue weighted by molar-refractivity contribution is -0.385. The van der Waals surface area contributed by atoms with Crippen LogP contribution in [0.5, 0.6) is 5.06 Å². The quantitative estimate of drug-likeness (QED) is 0.302. The molecular weight excluding hydrogens is 362 g/mol. The monoisotopic (exact) mass is 387 g/mol. The molecule has 26 heavy (non-hydrogen) atoms. The summed E-state index contributed by atoms with van der Waals surface area (Å²) < 4.78 is 5.58. The number of unbranched alkanes of at least 4 members (excludes halogenated alkanes) is 3. The molecule has 3 N–H and O–H groups in total. The summed E-state index contributed by atoms with van der Waals surface area (Å²) in [5.41, 5.74) is -0.0852. The molecule has 146 valence electrons. The number of aliphatic hydroxyl groups is 2. The number of carboxylic acid groups (broad SMARTS) is 1. The number of nitrogens with zero attached hydrogens (tertiary/aromatic N) is 1. The highest BCUT2D eigenvalue weighted by Crippen LogP contribution is 2.39. The van der Waals surface area contributed by atoms with Gasteiger partial charge in [-0.1, -0.05) is 19.3 Å². The van der Waals surface area contributed by atoms with Crippen molar-refractivity contribution in [3.05, 3.63) is 21.6 Å². The minimum atomic E-state index is -0.792. The van der Waals surface area contributed by atoms with Gasteiger partial charge in [0.05, 0.1) is 23.7 Å². The Morgan fingerprint density at radius 1 is 1.23 bits per heavy atom. The number of carbonyl (C=O) groups is 1. The number of hydrogen-bond donors (Lipinski definition) is 3. The van der Waals surface area contributed by atoms with Crippen molar-refractivity contribution >= 4 is 23.0 Å². The standard InChI is InChI=1S/C17H25NO7S/c19-14-9-15(20)12(10-25-17-13(18(23)24)7-8-26-17)11(14)5-3-1-2-4-6-16(21)22/h7-8,11-12,14-15,19-20H,1-6,9-10H2,(H,21,22)/t11-,12-,14?,15-/m1/s1. The molecule has 1 fully saturated rings. The molecule has 0 amide bonds. The van der Waals surface area contributed by atoms with Crippen LogP contribution < -0.4 is 4.74 Å². The lowest BCUT2D eigenvalue weighted by atomic mass is 9.89. The van der Waals surface area contributed by atoms with Crippen LogP contribution in [0.3, 0.4) is 0 Å². The van der Waals surface area contributed by atoms with Crippen molar-refractivity contribution in [1.29, 1.82) is 0 Å². The maximum atomic E-state index is 10.9. The van der Waals surface area contributed by atoms with Crippen LogP contribution in [-0.4, -0.2) is 45.0 Å². The Balaban J connectivity index is 1.82. The molecule has 0 bridgehead atoms. The third-order valence-electron chi connectivity index (χ3n) is 4.91. The van der Waals surface area contributed by atoms with Gasteiger partial charge >= 0.3 is 11.7 Å². The number of hydrogen-bond acceptors (Lipinski definition) is 7. The van der Waals surface area contributed by atoms with Gasteiger partial charge < -0.3 is 20.1 Å². The Hall–Kier alpha value is -1.71. The molecule has 8 nitrogen and oxygen atoms in total. The van der Waals surface area contributed by atoms with Crippen molar-refractivity contribution in [2.24, 2.45) is 11.8 Å². The second kappa shape index (κ2) is 9.84. The van der Waals surface area contributed by atoms with Crippen LogP contribution in [0.4, 0.5) is 5.69 Å². The van der Waals surface area contributed by atoms with Gasteiger partial charge in [0.15, 0.2) is 0 Å². The van der Waals surface area contributed by atoms with Crippen LogP contribution in [0.1, 0.15) is 44.9 Å². The fourth-order valence-corrected chi connectivity index (χ4v) is 4.24. The number of aliphatic carboxylic acids is 1. The van der Waals surface area contributed by atoms with Crippen molar-refractivity contribution in [2.75, 3.05) is 6.61 Å². The topological polar surface area (TPSA) is 130 Å². The van der Waals surface area contributed by atoms with E-state index in [0.29, 0.717) is 12.8 Å². The van der Waals surface area contributed by atoms with Crippen molar-refractivity contribution in [3.8, 4) is 5.06 Å². The Bertz CT molecular complexity index is 606. The van der Waals surface area contributed by atoms with Gasteiger partial charge in [0.1, 0.15) is 0 Å². The highest BCUT2D eigenvalue weighted by atomic mass is 32.1. The van der Waals surface area contributed by atoms with E-state index in [4.69, 9.17) is 9.84 Å². The molecule has 0 radical (unpaired) electrons. The summed E-state index contributed by atoms with van der Waals surface area (Å²) in [4.78, 5) is 20.9. The van der Waals surface area contributed by atoms with Gasteiger partial charge in [0.2, 0.25) is 0 Å². The van der Waals surface area contributed by atoms with Gasteiger partial charge in [-0.15, -0.1) is 11.3 Å². The van der Waals surface area contributed by atoms with E-state index < -0.39 is 23.1 Å². The smallest absolute Gasteiger partial charge is 0.322 e. The molecule has 1 saturated carbocycles. The first-order chi connectivity index (χ1) is 12.4. The Labute approximate surface area is 155 Å². The summed E-state index contributed by atoms with van der Waals surface area (Å²) in [5, 5.41) is 41.8. The number of aliphatic hydroxyl groups excluding tert-OH is 2. The van der Waals surface area contributed by atoms with Crippen molar-refractivity contribution in [2.45, 2.75) is 57.2 Å². The molecule has 0 aliphatic heterocycles. The van der Waals surface area contributed by atoms with Gasteiger partial charge in [0, 0.05) is 23.8 Å². The van der Waals surface area contributed by atoms with Gasteiger partial charge in [-0.25, -0.2) is 0 Å². The van der Waals surface area contributed by atoms with E-state index in [9.17, 15) is 25.1 Å². The molecular formula is C17H25NO7S. The first-order valence-corrected chi connectivity index (χ1v) is 9.70. The zero-order valence-electron chi connectivity index (χ0n) is 14.5. The number of carboxylic acids is 1. The second-order valence-electron chi connectivity index (χ2n) is 6.71. The van der Waals surface area contributed by atoms with Crippen LogP contribution >= 0.6 is 11.3 Å². The minimum Gasteiger partial charge on any atom is -0.481 e. The third kappa shape index (κ3) is 5.65. The van der Waals surface area contributed by atoms with Gasteiger partial charge in [-0.3, -0.25) is 14.9 Å². The summed E-state index contributed by atoms with van der Waals surface area (Å²) in [6.07, 6.45) is 3.02. The van der Waals surface area contributed by atoms with Crippen LogP contribution in [0.2, 0.25) is 0 Å². The average Bonchev–Trinajstić information content (AvgIpc) is 3.13. The first-order valence-electron chi connectivity index (χ1n) is 8.82. The predicted molar refractivity (Wildman–Crippen MR) is 95.4 cm³/mol. The van der Waals surface area contributed by atoms with E-state index >= 15 is 0 Å². The van der Waals surface area contributed by atoms with Gasteiger partial charge in [0.25, 0.3) is 5.06 Å². The van der Waals surface area contributed by atoms with Crippen LogP contribution in [0, 0.1) is 22.0 Å². The Morgan fingerprint density at radius 2 is 1.92 bits per heavy atom. The van der Waals surface area contributed by atoms with Crippen LogP contribution in [0.25, 0.3) is 0 Å². The molecule has 2 rings (SSSR count). The summed E-state index contributed by atoms with van der Waals surface area (Å²) in [5.74, 6) is -1.19. The van der Waals surface area contributed by atoms with Gasteiger partial charge in [-0.05, 0) is 25.2 Å². The minimum absolute atomic E-state index is 0.0852. The highest BCUT2D eigenvalue weighted by Gasteiger charge is 2.41. The number of ether oxygens (including phenoxy) is 1. The van der Waals surface area contributed by atoms with Gasteiger partial charge in [-0.2, -0.15) is 0 Å². The molecule has 1 aliphatic carbocycles. The zero-order chi connectivity index (χ0) is 19.1. The molecule has 1 aromatic rings. The fraction of sp³-hybridized carbons (Fsp3) is 0.706. The molecule has 1 aromatic heterocycles. The Morgan fingerprint density at radius 3 is 2.62 bits per heavy atom. The SMILES string of the molecule is O=C(O)CCCCCC[C@H]1C(O)C[C@@H](O)[C@@H]1COc1sccc1[N+](=O)[O-]. The average molecular weight is 387 g/mol. The molecule has 0 spiro atoms. The predicted octanol–water partition coefficient (Wildman–Crippen LogP) is 2.82. The lowest BCUT2D eigenvalue weighted by Gasteiger charge is -2.23. The molecule has 1 heterocycles. The molecule has 1 aliphatic rings. The van der Waals surface area contributed by atoms with Crippen molar-refractivity contribution < 1.29 is 29.8 Å². The number of thiophene rings is 1. The lowest BCUT2D eigenvalue weighted by Crippen LogP contribution is -2.28. The van der Waals surface area contributed by atoms with Crippen LogP contribution in [-0.2, 0) is 4.79 Å². The highest BCUT2D eigenvalue weighted by molar-refractivity contribution is 7.12. The first kappa shape index (κ1) is 20.6. The van der Waals surface area contributed by atoms with E-state index in [1.165, 1.54) is 6.07 Å². The molecule has 0 saturated heterocycles. The molecule has 0 aromatic carbocycles. The maximum absolute atomic E-state index is 10.9. The largest absolute Gasteiger partial charge is 0.481 e. The van der Waals surface area contributed by atoms with Crippen LogP contribution in [0.15, 0.2) is 11.4 Å². The van der Waals surface area contributed by atoms with Crippen molar-refractivity contribution in [1.82, 2.24) is 0 Å². The zero-order valence-corrected chi connectivity index (χ0v) is 15.3. The second-order valence-corrected chi connectivity index (χ2v) is 7.58. The summed E-state index contributed by atoms with van der Waals surface area (Å²) in [6, 6.07) is 1.38. The molecule has 1 unspecified atom stereocenters.